The van der Waals surface area contributed by atoms with Crippen molar-refractivity contribution < 1.29 is 4.42 Å². The predicted molar refractivity (Wildman–Crippen MR) is 227 cm³/mol. The van der Waals surface area contributed by atoms with Crippen molar-refractivity contribution in [2.45, 2.75) is 0 Å². The molecule has 0 aliphatic rings. The van der Waals surface area contributed by atoms with Gasteiger partial charge in [-0.25, -0.2) is 15.0 Å². The zero-order valence-corrected chi connectivity index (χ0v) is 29.6. The van der Waals surface area contributed by atoms with E-state index < -0.39 is 0 Å². The quantitative estimate of drug-likeness (QED) is 0.179. The van der Waals surface area contributed by atoms with Crippen LogP contribution >= 0.6 is 0 Å². The molecule has 11 aromatic rings. The normalized spacial score (nSPS) is 11.6. The molecule has 256 valence electrons. The van der Waals surface area contributed by atoms with Gasteiger partial charge in [-0.2, -0.15) is 0 Å². The Labute approximate surface area is 317 Å². The molecule has 0 saturated heterocycles. The lowest BCUT2D eigenvalue weighted by molar-refractivity contribution is 0.673. The lowest BCUT2D eigenvalue weighted by Gasteiger charge is -2.12. The van der Waals surface area contributed by atoms with Crippen LogP contribution in [0, 0.1) is 0 Å². The molecule has 0 saturated carbocycles. The van der Waals surface area contributed by atoms with Gasteiger partial charge in [-0.15, -0.1) is 0 Å². The minimum atomic E-state index is 0.593. The lowest BCUT2D eigenvalue weighted by Crippen LogP contribution is -2.01. The van der Waals surface area contributed by atoms with Crippen LogP contribution in [0.4, 0.5) is 0 Å². The first-order valence-electron chi connectivity index (χ1n) is 18.5. The molecule has 0 spiro atoms. The Balaban J connectivity index is 1.19. The molecular formula is C51H31N3O. The summed E-state index contributed by atoms with van der Waals surface area (Å²) in [5, 5.41) is 8.63. The second-order valence-electron chi connectivity index (χ2n) is 13.9. The third-order valence-corrected chi connectivity index (χ3v) is 10.7. The van der Waals surface area contributed by atoms with Crippen LogP contribution in [0.25, 0.3) is 111 Å². The average Bonchev–Trinajstić information content (AvgIpc) is 3.65. The molecule has 4 nitrogen and oxygen atoms in total. The number of hydrogen-bond donors (Lipinski definition) is 0. The fraction of sp³-hybridized carbons (Fsp3) is 0. The van der Waals surface area contributed by atoms with Crippen LogP contribution in [-0.4, -0.2) is 15.0 Å². The van der Waals surface area contributed by atoms with E-state index in [1.165, 1.54) is 11.1 Å². The summed E-state index contributed by atoms with van der Waals surface area (Å²) in [4.78, 5) is 15.8. The molecule has 0 radical (unpaired) electrons. The SMILES string of the molecule is c1ccc(-c2cccc(-c3cc4c(oc5cccc(-c6nc(-c7cccc8ccccc78)nc(-c7cccc8ccccc78)n6)c54)c4ccccc34)c2)cc1. The average molecular weight is 702 g/mol. The Kier molecular flexibility index (Phi) is 7.14. The molecule has 11 rings (SSSR count). The van der Waals surface area contributed by atoms with E-state index in [2.05, 4.69) is 176 Å². The molecule has 0 atom stereocenters. The third-order valence-electron chi connectivity index (χ3n) is 10.7. The van der Waals surface area contributed by atoms with E-state index in [0.717, 1.165) is 82.1 Å². The maximum Gasteiger partial charge on any atom is 0.164 e. The standard InChI is InChI=1S/C51H31N3O/c1-2-14-32(15-3-1)35-20-10-21-36(30-35)44-31-45-47-43(28-13-29-46(47)55-48(45)40-25-9-8-24-39(40)44)51-53-49(41-26-11-18-33-16-4-6-22-37(33)41)52-50(54-51)42-27-12-19-34-17-5-7-23-38(34)42/h1-31H. The molecule has 0 aliphatic carbocycles. The Morgan fingerprint density at radius 3 is 1.49 bits per heavy atom. The topological polar surface area (TPSA) is 51.8 Å². The van der Waals surface area contributed by atoms with Crippen LogP contribution < -0.4 is 0 Å². The van der Waals surface area contributed by atoms with Gasteiger partial charge in [0.2, 0.25) is 0 Å². The number of rotatable bonds is 5. The van der Waals surface area contributed by atoms with Crippen LogP contribution in [0.15, 0.2) is 192 Å². The number of benzene rings is 9. The van der Waals surface area contributed by atoms with Gasteiger partial charge in [0, 0.05) is 32.8 Å². The van der Waals surface area contributed by atoms with Gasteiger partial charge in [0.1, 0.15) is 11.2 Å². The highest BCUT2D eigenvalue weighted by Gasteiger charge is 2.21. The molecule has 0 unspecified atom stereocenters. The van der Waals surface area contributed by atoms with Crippen molar-refractivity contribution in [3.05, 3.63) is 188 Å². The van der Waals surface area contributed by atoms with Gasteiger partial charge in [0.15, 0.2) is 17.5 Å². The Morgan fingerprint density at radius 1 is 0.309 bits per heavy atom. The summed E-state index contributed by atoms with van der Waals surface area (Å²) in [6.45, 7) is 0. The number of hydrogen-bond acceptors (Lipinski definition) is 4. The van der Waals surface area contributed by atoms with Crippen molar-refractivity contribution in [1.82, 2.24) is 15.0 Å². The molecule has 4 heteroatoms. The summed E-state index contributed by atoms with van der Waals surface area (Å²) in [7, 11) is 0. The first-order chi connectivity index (χ1) is 27.3. The van der Waals surface area contributed by atoms with Crippen LogP contribution in [0.2, 0.25) is 0 Å². The maximum atomic E-state index is 6.79. The van der Waals surface area contributed by atoms with E-state index in [4.69, 9.17) is 19.4 Å². The second-order valence-corrected chi connectivity index (χ2v) is 13.9. The Morgan fingerprint density at radius 2 is 0.800 bits per heavy atom. The fourth-order valence-corrected chi connectivity index (χ4v) is 8.15. The van der Waals surface area contributed by atoms with Gasteiger partial charge in [-0.3, -0.25) is 0 Å². The summed E-state index contributed by atoms with van der Waals surface area (Å²) in [6, 6.07) is 65.7. The van der Waals surface area contributed by atoms with Gasteiger partial charge in [0.25, 0.3) is 0 Å². The van der Waals surface area contributed by atoms with Crippen molar-refractivity contribution in [2.75, 3.05) is 0 Å². The van der Waals surface area contributed by atoms with E-state index >= 15 is 0 Å². The summed E-state index contributed by atoms with van der Waals surface area (Å²) < 4.78 is 6.79. The Hall–Kier alpha value is -7.43. The van der Waals surface area contributed by atoms with Gasteiger partial charge in [0.05, 0.1) is 0 Å². The van der Waals surface area contributed by atoms with Crippen LogP contribution in [0.5, 0.6) is 0 Å². The van der Waals surface area contributed by atoms with Gasteiger partial charge < -0.3 is 4.42 Å². The van der Waals surface area contributed by atoms with E-state index in [1.54, 1.807) is 0 Å². The summed E-state index contributed by atoms with van der Waals surface area (Å²) >= 11 is 0. The molecule has 0 aliphatic heterocycles. The molecular weight excluding hydrogens is 671 g/mol. The van der Waals surface area contributed by atoms with Crippen LogP contribution in [-0.2, 0) is 0 Å². The van der Waals surface area contributed by atoms with E-state index in [0.29, 0.717) is 17.5 Å². The molecule has 9 aromatic carbocycles. The van der Waals surface area contributed by atoms with Gasteiger partial charge >= 0.3 is 0 Å². The molecule has 2 heterocycles. The minimum absolute atomic E-state index is 0.593. The number of aromatic nitrogens is 3. The van der Waals surface area contributed by atoms with Crippen LogP contribution in [0.3, 0.4) is 0 Å². The molecule has 0 bridgehead atoms. The smallest absolute Gasteiger partial charge is 0.164 e. The highest BCUT2D eigenvalue weighted by Crippen LogP contribution is 2.43. The molecule has 0 N–H and O–H groups in total. The summed E-state index contributed by atoms with van der Waals surface area (Å²) in [6.07, 6.45) is 0. The predicted octanol–water partition coefficient (Wildman–Crippen LogP) is 13.6. The molecule has 0 fully saturated rings. The second kappa shape index (κ2) is 12.6. The van der Waals surface area contributed by atoms with Crippen molar-refractivity contribution in [3.63, 3.8) is 0 Å². The number of nitrogens with zero attached hydrogens (tertiary/aromatic N) is 3. The maximum absolute atomic E-state index is 6.79. The minimum Gasteiger partial charge on any atom is -0.455 e. The highest BCUT2D eigenvalue weighted by molar-refractivity contribution is 6.22. The number of furan rings is 1. The van der Waals surface area contributed by atoms with Crippen molar-refractivity contribution >= 4 is 54.3 Å². The first kappa shape index (κ1) is 31.1. The fourth-order valence-electron chi connectivity index (χ4n) is 8.15. The molecule has 55 heavy (non-hydrogen) atoms. The van der Waals surface area contributed by atoms with Crippen molar-refractivity contribution in [3.8, 4) is 56.4 Å². The third kappa shape index (κ3) is 5.19. The van der Waals surface area contributed by atoms with Crippen molar-refractivity contribution in [1.29, 1.82) is 0 Å². The summed E-state index contributed by atoms with van der Waals surface area (Å²) in [5.74, 6) is 1.84. The van der Waals surface area contributed by atoms with Crippen LogP contribution in [0.1, 0.15) is 0 Å². The monoisotopic (exact) mass is 701 g/mol. The zero-order chi connectivity index (χ0) is 36.3. The lowest BCUT2D eigenvalue weighted by atomic mass is 9.92. The first-order valence-corrected chi connectivity index (χ1v) is 18.5. The van der Waals surface area contributed by atoms with Gasteiger partial charge in [-0.1, -0.05) is 170 Å². The number of fused-ring (bicyclic) bond motifs is 7. The summed E-state index contributed by atoms with van der Waals surface area (Å²) in [5.41, 5.74) is 9.07. The molecule has 2 aromatic heterocycles. The highest BCUT2D eigenvalue weighted by atomic mass is 16.3. The van der Waals surface area contributed by atoms with Crippen molar-refractivity contribution in [2.24, 2.45) is 0 Å². The van der Waals surface area contributed by atoms with Gasteiger partial charge in [-0.05, 0) is 67.4 Å². The van der Waals surface area contributed by atoms with E-state index in [-0.39, 0.29) is 0 Å². The van der Waals surface area contributed by atoms with E-state index in [1.807, 2.05) is 12.1 Å². The van der Waals surface area contributed by atoms with E-state index in [9.17, 15) is 0 Å². The zero-order valence-electron chi connectivity index (χ0n) is 29.6. The Bertz CT molecular complexity index is 3170. The molecule has 0 amide bonds. The largest absolute Gasteiger partial charge is 0.455 e.